The number of nitrogens with two attached hydrogens (primary N) is 1. The minimum Gasteiger partial charge on any atom is -0.396 e. The minimum atomic E-state index is -0.573. The van der Waals surface area contributed by atoms with Gasteiger partial charge in [-0.3, -0.25) is 4.79 Å². The van der Waals surface area contributed by atoms with Crippen LogP contribution in [0.15, 0.2) is 0 Å². The first-order valence-corrected chi connectivity index (χ1v) is 6.96. The molecule has 0 spiro atoms. The maximum Gasteiger partial charge on any atom is 0.237 e. The predicted molar refractivity (Wildman–Crippen MR) is 69.5 cm³/mol. The van der Waals surface area contributed by atoms with Crippen molar-refractivity contribution in [2.45, 2.75) is 38.6 Å². The lowest BCUT2D eigenvalue weighted by Crippen LogP contribution is -2.52. The van der Waals surface area contributed by atoms with Crippen LogP contribution in [-0.4, -0.2) is 41.2 Å². The Hall–Kier alpha value is -0.260. The van der Waals surface area contributed by atoms with E-state index in [-0.39, 0.29) is 12.5 Å². The van der Waals surface area contributed by atoms with Gasteiger partial charge in [-0.1, -0.05) is 13.3 Å². The minimum absolute atomic E-state index is 0.237. The quantitative estimate of drug-likeness (QED) is 0.498. The van der Waals surface area contributed by atoms with Crippen LogP contribution in [0.1, 0.15) is 33.1 Å². The monoisotopic (exact) mass is 248 g/mol. The molecule has 0 heterocycles. The van der Waals surface area contributed by atoms with E-state index in [9.17, 15) is 4.79 Å². The van der Waals surface area contributed by atoms with Crippen LogP contribution in [0.2, 0.25) is 0 Å². The average molecular weight is 248 g/mol. The topological polar surface area (TPSA) is 75.3 Å². The second-order valence-electron chi connectivity index (χ2n) is 4.02. The Bertz CT molecular complexity index is 202. The van der Waals surface area contributed by atoms with Crippen LogP contribution in [0, 0.1) is 0 Å². The third-order valence-corrected chi connectivity index (χ3v) is 3.61. The zero-order valence-electron chi connectivity index (χ0n) is 10.3. The van der Waals surface area contributed by atoms with Crippen LogP contribution in [0.5, 0.6) is 0 Å². The summed E-state index contributed by atoms with van der Waals surface area (Å²) in [4.78, 5) is 11.3. The van der Waals surface area contributed by atoms with Crippen molar-refractivity contribution in [3.63, 3.8) is 0 Å². The second kappa shape index (κ2) is 8.84. The van der Waals surface area contributed by atoms with Gasteiger partial charge in [0.15, 0.2) is 0 Å². The smallest absolute Gasteiger partial charge is 0.237 e. The van der Waals surface area contributed by atoms with Crippen LogP contribution in [-0.2, 0) is 4.79 Å². The number of rotatable bonds is 10. The fourth-order valence-corrected chi connectivity index (χ4v) is 2.28. The first-order valence-electron chi connectivity index (χ1n) is 5.80. The lowest BCUT2D eigenvalue weighted by atomic mass is 9.94. The molecule has 4 N–H and O–H groups in total. The van der Waals surface area contributed by atoms with Crippen molar-refractivity contribution >= 4 is 17.7 Å². The van der Waals surface area contributed by atoms with Crippen molar-refractivity contribution in [2.75, 3.05) is 24.7 Å². The van der Waals surface area contributed by atoms with Crippen LogP contribution in [0.25, 0.3) is 0 Å². The molecule has 0 saturated heterocycles. The van der Waals surface area contributed by atoms with Crippen molar-refractivity contribution in [2.24, 2.45) is 5.73 Å². The number of unbranched alkanes of at least 4 members (excludes halogenated alkanes) is 1. The van der Waals surface area contributed by atoms with E-state index in [1.165, 1.54) is 0 Å². The van der Waals surface area contributed by atoms with Crippen LogP contribution in [0.3, 0.4) is 0 Å². The number of thioether (sulfide) groups is 1. The van der Waals surface area contributed by atoms with Crippen molar-refractivity contribution in [3.8, 4) is 0 Å². The first-order chi connectivity index (χ1) is 7.56. The van der Waals surface area contributed by atoms with Crippen LogP contribution >= 0.6 is 11.8 Å². The molecule has 0 aliphatic heterocycles. The molecule has 0 fully saturated rings. The van der Waals surface area contributed by atoms with Crippen molar-refractivity contribution in [3.05, 3.63) is 0 Å². The summed E-state index contributed by atoms with van der Waals surface area (Å²) in [6.07, 6.45) is 2.81. The number of hydrogen-bond donors (Lipinski definition) is 3. The Morgan fingerprint density at radius 2 is 2.12 bits per heavy atom. The molecule has 0 saturated carbocycles. The molecular formula is C11H24N2O2S. The number of carbonyl (C=O) groups is 1. The Morgan fingerprint density at radius 3 is 2.62 bits per heavy atom. The first kappa shape index (κ1) is 15.7. The fourth-order valence-electron chi connectivity index (χ4n) is 1.54. The molecule has 0 aromatic heterocycles. The molecule has 1 atom stereocenters. The molecule has 5 heteroatoms. The standard InChI is InChI=1S/C11H24N2O2S/c1-3-13-11(2,10(12)15)6-4-5-8-16-9-7-14/h13-14H,3-9H2,1-2H3,(H2,12,15). The number of carbonyl (C=O) groups excluding carboxylic acids is 1. The van der Waals surface area contributed by atoms with Crippen molar-refractivity contribution in [1.82, 2.24) is 5.32 Å². The predicted octanol–water partition coefficient (Wildman–Crippen LogP) is 0.736. The zero-order valence-corrected chi connectivity index (χ0v) is 11.1. The van der Waals surface area contributed by atoms with Gasteiger partial charge in [-0.15, -0.1) is 0 Å². The van der Waals surface area contributed by atoms with Gasteiger partial charge < -0.3 is 16.2 Å². The van der Waals surface area contributed by atoms with E-state index < -0.39 is 5.54 Å². The Labute approximate surface area is 102 Å². The number of aliphatic hydroxyl groups excluding tert-OH is 1. The lowest BCUT2D eigenvalue weighted by Gasteiger charge is -2.26. The number of likely N-dealkylation sites (N-methyl/N-ethyl adjacent to an activating group) is 1. The Kier molecular flexibility index (Phi) is 8.70. The number of amides is 1. The molecule has 0 aliphatic carbocycles. The fraction of sp³-hybridized carbons (Fsp3) is 0.909. The third kappa shape index (κ3) is 6.35. The molecule has 96 valence electrons. The molecule has 0 radical (unpaired) electrons. The summed E-state index contributed by atoms with van der Waals surface area (Å²) >= 11 is 1.74. The highest BCUT2D eigenvalue weighted by Gasteiger charge is 2.28. The molecule has 0 aromatic carbocycles. The third-order valence-electron chi connectivity index (χ3n) is 2.56. The van der Waals surface area contributed by atoms with Gasteiger partial charge in [0.25, 0.3) is 0 Å². The van der Waals surface area contributed by atoms with Crippen LogP contribution < -0.4 is 11.1 Å². The molecule has 0 aromatic rings. The highest BCUT2D eigenvalue weighted by molar-refractivity contribution is 7.99. The molecule has 0 aliphatic rings. The maximum absolute atomic E-state index is 11.3. The van der Waals surface area contributed by atoms with Gasteiger partial charge >= 0.3 is 0 Å². The second-order valence-corrected chi connectivity index (χ2v) is 5.24. The Morgan fingerprint density at radius 1 is 1.44 bits per heavy atom. The summed E-state index contributed by atoms with van der Waals surface area (Å²) in [7, 11) is 0. The average Bonchev–Trinajstić information content (AvgIpc) is 2.23. The summed E-state index contributed by atoms with van der Waals surface area (Å²) in [6.45, 7) is 4.82. The van der Waals surface area contributed by atoms with E-state index in [1.54, 1.807) is 11.8 Å². The van der Waals surface area contributed by atoms with E-state index in [0.29, 0.717) is 0 Å². The summed E-state index contributed by atoms with van der Waals surface area (Å²) in [6, 6.07) is 0. The maximum atomic E-state index is 11.3. The molecular weight excluding hydrogens is 224 g/mol. The van der Waals surface area contributed by atoms with E-state index in [2.05, 4.69) is 5.32 Å². The van der Waals surface area contributed by atoms with Gasteiger partial charge in [0.2, 0.25) is 5.91 Å². The van der Waals surface area contributed by atoms with Gasteiger partial charge in [-0.2, -0.15) is 11.8 Å². The molecule has 4 nitrogen and oxygen atoms in total. The van der Waals surface area contributed by atoms with Gasteiger partial charge in [0.05, 0.1) is 12.1 Å². The molecule has 1 unspecified atom stereocenters. The highest BCUT2D eigenvalue weighted by atomic mass is 32.2. The van der Waals surface area contributed by atoms with Gasteiger partial charge in [-0.05, 0) is 32.1 Å². The lowest BCUT2D eigenvalue weighted by molar-refractivity contribution is -0.124. The van der Waals surface area contributed by atoms with E-state index in [1.807, 2.05) is 13.8 Å². The molecule has 0 rings (SSSR count). The number of primary amides is 1. The largest absolute Gasteiger partial charge is 0.396 e. The van der Waals surface area contributed by atoms with Gasteiger partial charge in [0.1, 0.15) is 0 Å². The molecule has 1 amide bonds. The SMILES string of the molecule is CCNC(C)(CCCCSCCO)C(N)=O. The number of aliphatic hydroxyl groups is 1. The molecule has 0 bridgehead atoms. The van der Waals surface area contributed by atoms with E-state index in [4.69, 9.17) is 10.8 Å². The summed E-state index contributed by atoms with van der Waals surface area (Å²) in [5.41, 5.74) is 4.81. The normalized spacial score (nSPS) is 14.7. The van der Waals surface area contributed by atoms with E-state index in [0.717, 1.165) is 37.3 Å². The summed E-state index contributed by atoms with van der Waals surface area (Å²) < 4.78 is 0. The highest BCUT2D eigenvalue weighted by Crippen LogP contribution is 2.15. The van der Waals surface area contributed by atoms with Crippen molar-refractivity contribution in [1.29, 1.82) is 0 Å². The summed E-state index contributed by atoms with van der Waals surface area (Å²) in [5.74, 6) is 1.54. The van der Waals surface area contributed by atoms with Crippen molar-refractivity contribution < 1.29 is 9.90 Å². The van der Waals surface area contributed by atoms with Crippen LogP contribution in [0.4, 0.5) is 0 Å². The van der Waals surface area contributed by atoms with Gasteiger partial charge in [0, 0.05) is 5.75 Å². The molecule has 16 heavy (non-hydrogen) atoms. The summed E-state index contributed by atoms with van der Waals surface area (Å²) in [5, 5.41) is 11.7. The number of nitrogens with one attached hydrogen (secondary N) is 1. The zero-order chi connectivity index (χ0) is 12.4. The van der Waals surface area contributed by atoms with E-state index >= 15 is 0 Å². The number of hydrogen-bond acceptors (Lipinski definition) is 4. The van der Waals surface area contributed by atoms with Gasteiger partial charge in [-0.25, -0.2) is 0 Å². The Balaban J connectivity index is 3.73.